The molecule has 0 aliphatic carbocycles. The Balaban J connectivity index is 2.28. The van der Waals surface area contributed by atoms with Gasteiger partial charge in [-0.25, -0.2) is 9.78 Å². The summed E-state index contributed by atoms with van der Waals surface area (Å²) in [5.74, 6) is -1.20. The van der Waals surface area contributed by atoms with Crippen LogP contribution in [0.2, 0.25) is 0 Å². The summed E-state index contributed by atoms with van der Waals surface area (Å²) in [6.45, 7) is 2.24. The number of aromatic carboxylic acids is 1. The van der Waals surface area contributed by atoms with Crippen molar-refractivity contribution in [1.29, 1.82) is 0 Å². The summed E-state index contributed by atoms with van der Waals surface area (Å²) in [6, 6.07) is 5.66. The topological polar surface area (TPSA) is 75.4 Å². The lowest BCUT2D eigenvalue weighted by Crippen LogP contribution is -2.25. The Morgan fingerprint density at radius 1 is 1.43 bits per heavy atom. The monoisotopic (exact) mass is 285 g/mol. The Morgan fingerprint density at radius 3 is 2.86 bits per heavy atom. The number of rotatable bonds is 2. The zero-order valence-corrected chi connectivity index (χ0v) is 11.8. The van der Waals surface area contributed by atoms with E-state index < -0.39 is 5.97 Å². The fraction of sp³-hybridized carbons (Fsp3) is 0.267. The molecule has 2 aromatic rings. The van der Waals surface area contributed by atoms with Gasteiger partial charge in [0.05, 0.1) is 23.5 Å². The molecule has 6 nitrogen and oxygen atoms in total. The Bertz CT molecular complexity index is 749. The molecule has 0 saturated carbocycles. The highest BCUT2D eigenvalue weighted by Gasteiger charge is 2.28. The molecule has 2 heterocycles. The number of aryl methyl sites for hydroxylation is 1. The van der Waals surface area contributed by atoms with Crippen molar-refractivity contribution in [2.24, 2.45) is 0 Å². The van der Waals surface area contributed by atoms with Crippen LogP contribution in [0.4, 0.5) is 0 Å². The zero-order chi connectivity index (χ0) is 15.1. The first kappa shape index (κ1) is 13.4. The number of amides is 1. The summed E-state index contributed by atoms with van der Waals surface area (Å²) in [5.41, 5.74) is 2.82. The van der Waals surface area contributed by atoms with Gasteiger partial charge in [-0.1, -0.05) is 13.0 Å². The van der Waals surface area contributed by atoms with Crippen molar-refractivity contribution < 1.29 is 14.7 Å². The molecule has 1 aromatic carbocycles. The normalized spacial score (nSPS) is 13.6. The minimum atomic E-state index is -1.08. The number of carboxylic acids is 1. The van der Waals surface area contributed by atoms with Crippen molar-refractivity contribution in [3.63, 3.8) is 0 Å². The van der Waals surface area contributed by atoms with Crippen LogP contribution < -0.4 is 0 Å². The minimum Gasteiger partial charge on any atom is -0.476 e. The molecule has 0 unspecified atom stereocenters. The van der Waals surface area contributed by atoms with Crippen molar-refractivity contribution in [1.82, 2.24) is 14.5 Å². The van der Waals surface area contributed by atoms with E-state index in [9.17, 15) is 14.7 Å². The molecule has 21 heavy (non-hydrogen) atoms. The Labute approximate surface area is 121 Å². The Kier molecular flexibility index (Phi) is 3.01. The molecule has 0 bridgehead atoms. The molecule has 1 aromatic heterocycles. The molecule has 1 aliphatic heterocycles. The van der Waals surface area contributed by atoms with E-state index in [2.05, 4.69) is 4.98 Å². The molecule has 1 amide bonds. The first-order chi connectivity index (χ1) is 10.0. The highest BCUT2D eigenvalue weighted by atomic mass is 16.4. The lowest BCUT2D eigenvalue weighted by atomic mass is 10.1. The largest absolute Gasteiger partial charge is 0.476 e. The van der Waals surface area contributed by atoms with Crippen molar-refractivity contribution in [2.45, 2.75) is 19.9 Å². The molecule has 6 heteroatoms. The summed E-state index contributed by atoms with van der Waals surface area (Å²) in [5, 5.41) is 9.22. The molecule has 0 fully saturated rings. The van der Waals surface area contributed by atoms with Gasteiger partial charge in [-0.15, -0.1) is 0 Å². The van der Waals surface area contributed by atoms with Gasteiger partial charge in [0, 0.05) is 7.05 Å². The van der Waals surface area contributed by atoms with Gasteiger partial charge >= 0.3 is 5.97 Å². The SMILES string of the molecule is CCc1ccc2c(c1)C(=O)N(C)Cc1c(C(=O)O)ncn1-2. The number of imidazole rings is 1. The zero-order valence-electron chi connectivity index (χ0n) is 11.8. The second-order valence-corrected chi connectivity index (χ2v) is 5.08. The molecule has 0 spiro atoms. The number of aromatic nitrogens is 2. The van der Waals surface area contributed by atoms with Crippen LogP contribution in [0.3, 0.4) is 0 Å². The average molecular weight is 285 g/mol. The van der Waals surface area contributed by atoms with Gasteiger partial charge in [0.2, 0.25) is 0 Å². The molecule has 3 rings (SSSR count). The second-order valence-electron chi connectivity index (χ2n) is 5.08. The summed E-state index contributed by atoms with van der Waals surface area (Å²) in [6.07, 6.45) is 2.30. The summed E-state index contributed by atoms with van der Waals surface area (Å²) >= 11 is 0. The fourth-order valence-electron chi connectivity index (χ4n) is 2.60. The van der Waals surface area contributed by atoms with Crippen LogP contribution in [-0.2, 0) is 13.0 Å². The van der Waals surface area contributed by atoms with Crippen LogP contribution in [0, 0.1) is 0 Å². The smallest absolute Gasteiger partial charge is 0.356 e. The molecule has 108 valence electrons. The quantitative estimate of drug-likeness (QED) is 0.911. The van der Waals surface area contributed by atoms with Gasteiger partial charge in [-0.3, -0.25) is 9.36 Å². The van der Waals surface area contributed by atoms with E-state index in [0.717, 1.165) is 12.0 Å². The van der Waals surface area contributed by atoms with Gasteiger partial charge in [-0.05, 0) is 24.1 Å². The van der Waals surface area contributed by atoms with Crippen molar-refractivity contribution in [3.05, 3.63) is 47.0 Å². The molecular weight excluding hydrogens is 270 g/mol. The van der Waals surface area contributed by atoms with Crippen LogP contribution in [0.15, 0.2) is 24.5 Å². The van der Waals surface area contributed by atoms with Crippen molar-refractivity contribution in [3.8, 4) is 5.69 Å². The Morgan fingerprint density at radius 2 is 2.19 bits per heavy atom. The highest BCUT2D eigenvalue weighted by Crippen LogP contribution is 2.26. The number of carbonyl (C=O) groups is 2. The number of carbonyl (C=O) groups excluding carboxylic acids is 1. The third kappa shape index (κ3) is 1.99. The van der Waals surface area contributed by atoms with E-state index in [1.54, 1.807) is 11.6 Å². The molecule has 0 atom stereocenters. The van der Waals surface area contributed by atoms with E-state index in [4.69, 9.17) is 0 Å². The average Bonchev–Trinajstić information content (AvgIpc) is 2.85. The molecule has 0 radical (unpaired) electrons. The maximum absolute atomic E-state index is 12.5. The Hall–Kier alpha value is -2.63. The van der Waals surface area contributed by atoms with E-state index in [1.807, 2.05) is 25.1 Å². The molecule has 0 saturated heterocycles. The third-order valence-corrected chi connectivity index (χ3v) is 3.76. The third-order valence-electron chi connectivity index (χ3n) is 3.76. The number of benzene rings is 1. The van der Waals surface area contributed by atoms with Crippen LogP contribution in [0.1, 0.15) is 39.0 Å². The van der Waals surface area contributed by atoms with Crippen LogP contribution >= 0.6 is 0 Å². The predicted octanol–water partition coefficient (Wildman–Crippen LogP) is 1.72. The molecule has 1 aliphatic rings. The lowest BCUT2D eigenvalue weighted by Gasteiger charge is -2.14. The number of hydrogen-bond donors (Lipinski definition) is 1. The first-order valence-electron chi connectivity index (χ1n) is 6.71. The number of carboxylic acid groups (broad SMARTS) is 1. The maximum Gasteiger partial charge on any atom is 0.356 e. The second kappa shape index (κ2) is 4.73. The number of fused-ring (bicyclic) bond motifs is 3. The van der Waals surface area contributed by atoms with Crippen LogP contribution in [0.25, 0.3) is 5.69 Å². The van der Waals surface area contributed by atoms with Gasteiger partial charge in [0.1, 0.15) is 6.33 Å². The van der Waals surface area contributed by atoms with E-state index in [1.165, 1.54) is 11.2 Å². The van der Waals surface area contributed by atoms with Gasteiger partial charge < -0.3 is 10.0 Å². The molecule has 1 N–H and O–H groups in total. The van der Waals surface area contributed by atoms with Gasteiger partial charge in [0.15, 0.2) is 5.69 Å². The summed E-state index contributed by atoms with van der Waals surface area (Å²) < 4.78 is 1.69. The van der Waals surface area contributed by atoms with Crippen LogP contribution in [-0.4, -0.2) is 38.5 Å². The van der Waals surface area contributed by atoms with E-state index >= 15 is 0 Å². The molecular formula is C15H15N3O3. The van der Waals surface area contributed by atoms with E-state index in [0.29, 0.717) is 16.9 Å². The standard InChI is InChI=1S/C15H15N3O3/c1-3-9-4-5-11-10(6-9)14(19)17(2)7-12-13(15(20)21)16-8-18(11)12/h4-6,8H,3,7H2,1-2H3,(H,20,21). The van der Waals surface area contributed by atoms with Crippen molar-refractivity contribution in [2.75, 3.05) is 7.05 Å². The highest BCUT2D eigenvalue weighted by molar-refractivity contribution is 5.99. The summed E-state index contributed by atoms with van der Waals surface area (Å²) in [4.78, 5) is 29.2. The van der Waals surface area contributed by atoms with Crippen molar-refractivity contribution >= 4 is 11.9 Å². The lowest BCUT2D eigenvalue weighted by molar-refractivity contribution is 0.0683. The fourth-order valence-corrected chi connectivity index (χ4v) is 2.60. The minimum absolute atomic E-state index is 0.0120. The van der Waals surface area contributed by atoms with Gasteiger partial charge in [0.25, 0.3) is 5.91 Å². The summed E-state index contributed by atoms with van der Waals surface area (Å²) in [7, 11) is 1.67. The first-order valence-corrected chi connectivity index (χ1v) is 6.71. The number of hydrogen-bond acceptors (Lipinski definition) is 3. The maximum atomic E-state index is 12.5. The number of nitrogens with zero attached hydrogens (tertiary/aromatic N) is 3. The predicted molar refractivity (Wildman–Crippen MR) is 75.7 cm³/mol. The van der Waals surface area contributed by atoms with Gasteiger partial charge in [-0.2, -0.15) is 0 Å². The van der Waals surface area contributed by atoms with E-state index in [-0.39, 0.29) is 18.1 Å². The van der Waals surface area contributed by atoms with Crippen LogP contribution in [0.5, 0.6) is 0 Å².